The molecule has 2 heteroatoms. The Morgan fingerprint density at radius 3 is 1.09 bits per heavy atom. The maximum Gasteiger partial charge on any atom is 0.115 e. The van der Waals surface area contributed by atoms with Crippen LogP contribution in [0.1, 0.15) is 52.7 Å². The van der Waals surface area contributed by atoms with Crippen LogP contribution in [0.15, 0.2) is 48.5 Å². The van der Waals surface area contributed by atoms with E-state index in [1.165, 1.54) is 0 Å². The second-order valence-corrected chi connectivity index (χ2v) is 7.60. The Morgan fingerprint density at radius 2 is 0.909 bits per heavy atom. The number of rotatable bonds is 0. The van der Waals surface area contributed by atoms with Crippen LogP contribution in [0.2, 0.25) is 0 Å². The van der Waals surface area contributed by atoms with Gasteiger partial charge in [0.1, 0.15) is 11.5 Å². The Kier molecular flexibility index (Phi) is 5.65. The molecule has 2 aromatic rings. The van der Waals surface area contributed by atoms with Crippen molar-refractivity contribution in [1.82, 2.24) is 0 Å². The summed E-state index contributed by atoms with van der Waals surface area (Å²) in [5.74, 6) is 0.690. The van der Waals surface area contributed by atoms with Gasteiger partial charge in [-0.2, -0.15) is 0 Å². The lowest BCUT2D eigenvalue weighted by Gasteiger charge is -2.18. The van der Waals surface area contributed by atoms with Crippen LogP contribution in [-0.2, 0) is 10.8 Å². The van der Waals surface area contributed by atoms with Crippen LogP contribution in [0, 0.1) is 0 Å². The van der Waals surface area contributed by atoms with E-state index < -0.39 is 0 Å². The zero-order valence-electron chi connectivity index (χ0n) is 14.5. The molecule has 0 aromatic heterocycles. The minimum absolute atomic E-state index is 0.124. The molecule has 0 amide bonds. The van der Waals surface area contributed by atoms with E-state index in [2.05, 4.69) is 41.5 Å². The molecule has 0 radical (unpaired) electrons. The lowest BCUT2D eigenvalue weighted by atomic mass is 9.87. The van der Waals surface area contributed by atoms with Crippen molar-refractivity contribution in [3.8, 4) is 11.5 Å². The molecule has 22 heavy (non-hydrogen) atoms. The molecule has 2 nitrogen and oxygen atoms in total. The van der Waals surface area contributed by atoms with Crippen LogP contribution in [0.5, 0.6) is 11.5 Å². The van der Waals surface area contributed by atoms with Gasteiger partial charge in [0.25, 0.3) is 0 Å². The molecule has 2 N–H and O–H groups in total. The van der Waals surface area contributed by atoms with E-state index in [1.807, 2.05) is 24.3 Å². The molecule has 0 heterocycles. The lowest BCUT2D eigenvalue weighted by molar-refractivity contribution is 0.470. The summed E-state index contributed by atoms with van der Waals surface area (Å²) in [4.78, 5) is 0. The van der Waals surface area contributed by atoms with Gasteiger partial charge in [0.05, 0.1) is 0 Å². The first kappa shape index (κ1) is 18.1. The third-order valence-corrected chi connectivity index (χ3v) is 3.42. The second-order valence-electron chi connectivity index (χ2n) is 7.60. The van der Waals surface area contributed by atoms with Crippen molar-refractivity contribution in [2.75, 3.05) is 0 Å². The van der Waals surface area contributed by atoms with Gasteiger partial charge < -0.3 is 10.2 Å². The Balaban J connectivity index is 0.000000220. The van der Waals surface area contributed by atoms with Crippen molar-refractivity contribution >= 4 is 0 Å². The predicted octanol–water partition coefficient (Wildman–Crippen LogP) is 5.38. The molecule has 0 aliphatic carbocycles. The number of phenolic OH excluding ortho intramolecular Hbond substituents is 2. The first-order valence-electron chi connectivity index (χ1n) is 7.59. The summed E-state index contributed by atoms with van der Waals surface area (Å²) in [7, 11) is 0. The molecule has 0 aliphatic heterocycles. The van der Waals surface area contributed by atoms with Gasteiger partial charge in [-0.1, -0.05) is 65.8 Å². The van der Waals surface area contributed by atoms with Crippen molar-refractivity contribution in [3.05, 3.63) is 59.7 Å². The molecule has 0 aliphatic rings. The molecule has 0 bridgehead atoms. The first-order chi connectivity index (χ1) is 10.00. The predicted molar refractivity (Wildman–Crippen MR) is 93.6 cm³/mol. The zero-order chi connectivity index (χ0) is 17.0. The summed E-state index contributed by atoms with van der Waals surface area (Å²) in [5.41, 5.74) is 2.58. The largest absolute Gasteiger partial charge is 0.508 e. The average Bonchev–Trinajstić information content (AvgIpc) is 2.37. The molecule has 0 spiro atoms. The van der Waals surface area contributed by atoms with E-state index in [-0.39, 0.29) is 10.8 Å². The van der Waals surface area contributed by atoms with Crippen LogP contribution in [0.25, 0.3) is 0 Å². The van der Waals surface area contributed by atoms with Crippen LogP contribution in [0.3, 0.4) is 0 Å². The van der Waals surface area contributed by atoms with Crippen LogP contribution in [-0.4, -0.2) is 10.2 Å². The number of hydrogen-bond donors (Lipinski definition) is 2. The second kappa shape index (κ2) is 6.87. The fourth-order valence-electron chi connectivity index (χ4n) is 1.94. The number of phenols is 2. The molecule has 120 valence electrons. The van der Waals surface area contributed by atoms with Crippen molar-refractivity contribution < 1.29 is 10.2 Å². The summed E-state index contributed by atoms with van der Waals surface area (Å²) in [6, 6.07) is 14.8. The average molecular weight is 300 g/mol. The van der Waals surface area contributed by atoms with Crippen LogP contribution >= 0.6 is 0 Å². The molecular weight excluding hydrogens is 272 g/mol. The molecule has 0 saturated carbocycles. The minimum Gasteiger partial charge on any atom is -0.508 e. The topological polar surface area (TPSA) is 40.5 Å². The Hall–Kier alpha value is -1.96. The summed E-state index contributed by atoms with van der Waals surface area (Å²) in [6.45, 7) is 12.8. The highest BCUT2D eigenvalue weighted by atomic mass is 16.3. The number of hydrogen-bond acceptors (Lipinski definition) is 2. The summed E-state index contributed by atoms with van der Waals surface area (Å²) >= 11 is 0. The number of benzene rings is 2. The van der Waals surface area contributed by atoms with E-state index in [9.17, 15) is 10.2 Å². The zero-order valence-corrected chi connectivity index (χ0v) is 14.5. The van der Waals surface area contributed by atoms with Gasteiger partial charge in [0.15, 0.2) is 0 Å². The maximum atomic E-state index is 9.18. The third-order valence-electron chi connectivity index (χ3n) is 3.42. The first-order valence-corrected chi connectivity index (χ1v) is 7.59. The fourth-order valence-corrected chi connectivity index (χ4v) is 1.94. The monoisotopic (exact) mass is 300 g/mol. The standard InChI is InChI=1S/2C10H14O/c2*1-10(2,3)8-5-4-6-9(11)7-8/h2*4-7,11H,1-3H3. The quantitative estimate of drug-likeness (QED) is 0.685. The Morgan fingerprint density at radius 1 is 0.591 bits per heavy atom. The fraction of sp³-hybridized carbons (Fsp3) is 0.400. The van der Waals surface area contributed by atoms with Crippen molar-refractivity contribution in [2.45, 2.75) is 52.4 Å². The van der Waals surface area contributed by atoms with Gasteiger partial charge in [-0.3, -0.25) is 0 Å². The molecule has 0 atom stereocenters. The van der Waals surface area contributed by atoms with Crippen LogP contribution < -0.4 is 0 Å². The van der Waals surface area contributed by atoms with Crippen molar-refractivity contribution in [3.63, 3.8) is 0 Å². The summed E-state index contributed by atoms with van der Waals surface area (Å²) in [5, 5.41) is 18.4. The molecule has 0 saturated heterocycles. The number of aromatic hydroxyl groups is 2. The highest BCUT2D eigenvalue weighted by molar-refractivity contribution is 5.32. The Labute approximate surface area is 134 Å². The third kappa shape index (κ3) is 5.80. The van der Waals surface area contributed by atoms with Gasteiger partial charge in [0, 0.05) is 0 Å². The normalized spacial score (nSPS) is 11.5. The smallest absolute Gasteiger partial charge is 0.115 e. The highest BCUT2D eigenvalue weighted by Gasteiger charge is 2.13. The molecule has 0 fully saturated rings. The molecule has 2 rings (SSSR count). The SMILES string of the molecule is CC(C)(C)c1cccc(O)c1.CC(C)(C)c1cccc(O)c1. The molecule has 2 aromatic carbocycles. The van der Waals surface area contributed by atoms with E-state index >= 15 is 0 Å². The van der Waals surface area contributed by atoms with Gasteiger partial charge in [-0.25, -0.2) is 0 Å². The highest BCUT2D eigenvalue weighted by Crippen LogP contribution is 2.25. The van der Waals surface area contributed by atoms with Gasteiger partial charge >= 0.3 is 0 Å². The van der Waals surface area contributed by atoms with E-state index in [1.54, 1.807) is 24.3 Å². The lowest BCUT2D eigenvalue weighted by Crippen LogP contribution is -2.10. The van der Waals surface area contributed by atoms with Gasteiger partial charge in [-0.05, 0) is 46.2 Å². The summed E-state index contributed by atoms with van der Waals surface area (Å²) in [6.07, 6.45) is 0. The molecular formula is C20H28O2. The van der Waals surface area contributed by atoms with Crippen molar-refractivity contribution in [1.29, 1.82) is 0 Å². The van der Waals surface area contributed by atoms with Crippen molar-refractivity contribution in [2.24, 2.45) is 0 Å². The Bertz CT molecular complexity index is 546. The molecule has 0 unspecified atom stereocenters. The van der Waals surface area contributed by atoms with E-state index in [0.29, 0.717) is 11.5 Å². The van der Waals surface area contributed by atoms with E-state index in [0.717, 1.165) is 11.1 Å². The summed E-state index contributed by atoms with van der Waals surface area (Å²) < 4.78 is 0. The minimum atomic E-state index is 0.124. The van der Waals surface area contributed by atoms with Gasteiger partial charge in [0.2, 0.25) is 0 Å². The van der Waals surface area contributed by atoms with E-state index in [4.69, 9.17) is 0 Å². The maximum absolute atomic E-state index is 9.18. The van der Waals surface area contributed by atoms with Crippen LogP contribution in [0.4, 0.5) is 0 Å². The van der Waals surface area contributed by atoms with Gasteiger partial charge in [-0.15, -0.1) is 0 Å².